The van der Waals surface area contributed by atoms with Crippen LogP contribution in [0.15, 0.2) is 0 Å². The fraction of sp³-hybridized carbons (Fsp3) is 1.00. The van der Waals surface area contributed by atoms with Crippen LogP contribution in [0.2, 0.25) is 0 Å². The maximum Gasteiger partial charge on any atom is 0.0582 e. The molecular weight excluding hydrogens is 186 g/mol. The summed E-state index contributed by atoms with van der Waals surface area (Å²) in [5.41, 5.74) is 0. The minimum absolute atomic E-state index is 0.255. The Morgan fingerprint density at radius 1 is 1.27 bits per heavy atom. The monoisotopic (exact) mass is 213 g/mol. The van der Waals surface area contributed by atoms with Crippen LogP contribution in [0.3, 0.4) is 0 Å². The van der Waals surface area contributed by atoms with E-state index >= 15 is 0 Å². The van der Waals surface area contributed by atoms with Crippen LogP contribution in [-0.2, 0) is 0 Å². The van der Waals surface area contributed by atoms with E-state index in [0.29, 0.717) is 6.04 Å². The largest absolute Gasteiger partial charge is 0.395 e. The highest BCUT2D eigenvalue weighted by Gasteiger charge is 2.23. The first-order valence-electron chi connectivity index (χ1n) is 6.48. The van der Waals surface area contributed by atoms with Crippen LogP contribution in [0.25, 0.3) is 0 Å². The van der Waals surface area contributed by atoms with Crippen molar-refractivity contribution in [3.05, 3.63) is 0 Å². The molecule has 1 aliphatic rings. The molecule has 0 aliphatic heterocycles. The molecule has 0 amide bonds. The predicted octanol–water partition coefficient (Wildman–Crippen LogP) is 2.56. The van der Waals surface area contributed by atoms with Gasteiger partial charge in [-0.1, -0.05) is 26.7 Å². The third-order valence-corrected chi connectivity index (χ3v) is 3.38. The summed E-state index contributed by atoms with van der Waals surface area (Å²) in [6, 6.07) is 0.900. The van der Waals surface area contributed by atoms with E-state index in [4.69, 9.17) is 5.11 Å². The number of aliphatic hydroxyl groups excluding tert-OH is 1. The van der Waals surface area contributed by atoms with E-state index in [9.17, 15) is 0 Å². The molecule has 1 fully saturated rings. The van der Waals surface area contributed by atoms with Crippen molar-refractivity contribution in [3.63, 3.8) is 0 Å². The number of hydrogen-bond donors (Lipinski definition) is 2. The van der Waals surface area contributed by atoms with Gasteiger partial charge in [0.1, 0.15) is 0 Å². The Morgan fingerprint density at radius 3 is 2.60 bits per heavy atom. The minimum atomic E-state index is 0.255. The average Bonchev–Trinajstić information content (AvgIpc) is 2.17. The number of hydrogen-bond acceptors (Lipinski definition) is 2. The molecule has 0 heterocycles. The lowest BCUT2D eigenvalue weighted by molar-refractivity contribution is 0.202. The van der Waals surface area contributed by atoms with Crippen molar-refractivity contribution in [1.82, 2.24) is 5.32 Å². The fourth-order valence-electron chi connectivity index (χ4n) is 2.78. The standard InChI is InChI=1S/C13H27NO/c1-10(2)7-12-5-4-6-13(8-12)14-11(3)9-15/h10-15H,4-9H2,1-3H3. The molecule has 2 heteroatoms. The Labute approximate surface area is 94.5 Å². The molecule has 1 saturated carbocycles. The van der Waals surface area contributed by atoms with Crippen LogP contribution in [-0.4, -0.2) is 23.8 Å². The first-order valence-corrected chi connectivity index (χ1v) is 6.48. The van der Waals surface area contributed by atoms with Crippen molar-refractivity contribution >= 4 is 0 Å². The number of aliphatic hydroxyl groups is 1. The van der Waals surface area contributed by atoms with Gasteiger partial charge in [-0.2, -0.15) is 0 Å². The zero-order valence-electron chi connectivity index (χ0n) is 10.5. The molecule has 3 unspecified atom stereocenters. The number of rotatable bonds is 5. The van der Waals surface area contributed by atoms with Gasteiger partial charge in [-0.05, 0) is 38.0 Å². The molecule has 1 rings (SSSR count). The summed E-state index contributed by atoms with van der Waals surface area (Å²) < 4.78 is 0. The van der Waals surface area contributed by atoms with Gasteiger partial charge in [0.05, 0.1) is 6.61 Å². The summed E-state index contributed by atoms with van der Waals surface area (Å²) in [6.45, 7) is 6.94. The van der Waals surface area contributed by atoms with Crippen LogP contribution in [0.4, 0.5) is 0 Å². The Bertz CT molecular complexity index is 170. The van der Waals surface area contributed by atoms with Crippen LogP contribution >= 0.6 is 0 Å². The molecule has 0 saturated heterocycles. The molecular formula is C13H27NO. The number of nitrogens with one attached hydrogen (secondary N) is 1. The quantitative estimate of drug-likeness (QED) is 0.735. The van der Waals surface area contributed by atoms with Gasteiger partial charge in [0.2, 0.25) is 0 Å². The van der Waals surface area contributed by atoms with Gasteiger partial charge in [-0.15, -0.1) is 0 Å². The van der Waals surface area contributed by atoms with E-state index < -0.39 is 0 Å². The highest BCUT2D eigenvalue weighted by atomic mass is 16.3. The molecule has 15 heavy (non-hydrogen) atoms. The molecule has 1 aliphatic carbocycles. The molecule has 0 bridgehead atoms. The van der Waals surface area contributed by atoms with E-state index in [2.05, 4.69) is 26.1 Å². The molecule has 0 spiro atoms. The van der Waals surface area contributed by atoms with Crippen molar-refractivity contribution in [2.45, 2.75) is 65.0 Å². The Hall–Kier alpha value is -0.0800. The molecule has 2 N–H and O–H groups in total. The van der Waals surface area contributed by atoms with Crippen LogP contribution in [0.5, 0.6) is 0 Å². The van der Waals surface area contributed by atoms with Crippen molar-refractivity contribution < 1.29 is 5.11 Å². The summed E-state index contributed by atoms with van der Waals surface area (Å²) in [7, 11) is 0. The lowest BCUT2D eigenvalue weighted by Gasteiger charge is -2.32. The molecule has 3 atom stereocenters. The second-order valence-corrected chi connectivity index (χ2v) is 5.61. The van der Waals surface area contributed by atoms with E-state index in [1.54, 1.807) is 0 Å². The van der Waals surface area contributed by atoms with Gasteiger partial charge >= 0.3 is 0 Å². The van der Waals surface area contributed by atoms with Crippen molar-refractivity contribution in [1.29, 1.82) is 0 Å². The highest BCUT2D eigenvalue weighted by molar-refractivity contribution is 4.80. The second kappa shape index (κ2) is 6.49. The van der Waals surface area contributed by atoms with E-state index in [0.717, 1.165) is 11.8 Å². The third-order valence-electron chi connectivity index (χ3n) is 3.38. The van der Waals surface area contributed by atoms with Crippen molar-refractivity contribution in [3.8, 4) is 0 Å². The summed E-state index contributed by atoms with van der Waals surface area (Å²) in [5, 5.41) is 12.5. The maximum atomic E-state index is 9.01. The zero-order chi connectivity index (χ0) is 11.3. The first-order chi connectivity index (χ1) is 7.11. The van der Waals surface area contributed by atoms with Gasteiger partial charge in [-0.3, -0.25) is 0 Å². The van der Waals surface area contributed by atoms with Crippen LogP contribution in [0.1, 0.15) is 52.9 Å². The molecule has 90 valence electrons. The van der Waals surface area contributed by atoms with Crippen LogP contribution < -0.4 is 5.32 Å². The summed E-state index contributed by atoms with van der Waals surface area (Å²) in [6.07, 6.45) is 6.73. The molecule has 0 aromatic rings. The molecule has 2 nitrogen and oxygen atoms in total. The van der Waals surface area contributed by atoms with Gasteiger partial charge in [0.15, 0.2) is 0 Å². The van der Waals surface area contributed by atoms with E-state index in [1.807, 2.05) is 0 Å². The second-order valence-electron chi connectivity index (χ2n) is 5.61. The average molecular weight is 213 g/mol. The summed E-state index contributed by atoms with van der Waals surface area (Å²) in [4.78, 5) is 0. The predicted molar refractivity (Wildman–Crippen MR) is 64.9 cm³/mol. The Morgan fingerprint density at radius 2 is 2.00 bits per heavy atom. The zero-order valence-corrected chi connectivity index (χ0v) is 10.5. The lowest BCUT2D eigenvalue weighted by Crippen LogP contribution is -2.41. The van der Waals surface area contributed by atoms with Gasteiger partial charge < -0.3 is 10.4 Å². The maximum absolute atomic E-state index is 9.01. The Kier molecular flexibility index (Phi) is 5.62. The fourth-order valence-corrected chi connectivity index (χ4v) is 2.78. The van der Waals surface area contributed by atoms with Gasteiger partial charge in [0.25, 0.3) is 0 Å². The third kappa shape index (κ3) is 4.98. The first kappa shape index (κ1) is 13.0. The minimum Gasteiger partial charge on any atom is -0.395 e. The van der Waals surface area contributed by atoms with Crippen LogP contribution in [0, 0.1) is 11.8 Å². The molecule has 0 aromatic carbocycles. The smallest absolute Gasteiger partial charge is 0.0582 e. The molecule has 0 radical (unpaired) electrons. The Balaban J connectivity index is 2.28. The highest BCUT2D eigenvalue weighted by Crippen LogP contribution is 2.29. The van der Waals surface area contributed by atoms with Crippen molar-refractivity contribution in [2.75, 3.05) is 6.61 Å². The van der Waals surface area contributed by atoms with Gasteiger partial charge in [-0.25, -0.2) is 0 Å². The SMILES string of the molecule is CC(C)CC1CCCC(NC(C)CO)C1. The summed E-state index contributed by atoms with van der Waals surface area (Å²) >= 11 is 0. The van der Waals surface area contributed by atoms with Gasteiger partial charge in [0, 0.05) is 12.1 Å². The molecule has 0 aromatic heterocycles. The normalized spacial score (nSPS) is 29.4. The summed E-state index contributed by atoms with van der Waals surface area (Å²) in [5.74, 6) is 1.73. The topological polar surface area (TPSA) is 32.3 Å². The van der Waals surface area contributed by atoms with Crippen molar-refractivity contribution in [2.24, 2.45) is 11.8 Å². The van der Waals surface area contributed by atoms with E-state index in [1.165, 1.54) is 32.1 Å². The lowest BCUT2D eigenvalue weighted by atomic mass is 9.81. The van der Waals surface area contributed by atoms with E-state index in [-0.39, 0.29) is 12.6 Å².